The Bertz CT molecular complexity index is 125. The van der Waals surface area contributed by atoms with Gasteiger partial charge in [-0.1, -0.05) is 12.2 Å². The Morgan fingerprint density at radius 1 is 1.43 bits per heavy atom. The monoisotopic (exact) mass is 116 g/mol. The van der Waals surface area contributed by atoms with Gasteiger partial charge in [-0.15, -0.1) is 0 Å². The van der Waals surface area contributed by atoms with Crippen LogP contribution in [0.15, 0.2) is 12.2 Å². The van der Waals surface area contributed by atoms with Crippen molar-refractivity contribution in [1.82, 2.24) is 0 Å². The fraction of sp³-hybridized carbons (Fsp3) is 0.600. The Hall–Kier alpha value is -0.0300. The van der Waals surface area contributed by atoms with E-state index in [9.17, 15) is 4.57 Å². The Labute approximate surface area is 43.8 Å². The third-order valence-electron chi connectivity index (χ3n) is 1.15. The lowest BCUT2D eigenvalue weighted by atomic mass is 10.6. The first-order chi connectivity index (χ1) is 3.21. The van der Waals surface area contributed by atoms with Crippen molar-refractivity contribution in [2.75, 3.05) is 19.0 Å². The van der Waals surface area contributed by atoms with Crippen LogP contribution in [-0.2, 0) is 4.57 Å². The predicted octanol–water partition coefficient (Wildman–Crippen LogP) is 1.55. The summed E-state index contributed by atoms with van der Waals surface area (Å²) in [4.78, 5) is 0. The van der Waals surface area contributed by atoms with E-state index >= 15 is 0 Å². The van der Waals surface area contributed by atoms with E-state index in [-0.39, 0.29) is 0 Å². The minimum absolute atomic E-state index is 0.826. The lowest BCUT2D eigenvalue weighted by Crippen LogP contribution is -1.77. The molecule has 0 aromatic heterocycles. The van der Waals surface area contributed by atoms with Gasteiger partial charge >= 0.3 is 0 Å². The summed E-state index contributed by atoms with van der Waals surface area (Å²) in [6, 6.07) is 0. The molecule has 0 aromatic rings. The SMILES string of the molecule is CP1(=O)CC=CC1. The van der Waals surface area contributed by atoms with E-state index in [1.807, 2.05) is 18.8 Å². The Morgan fingerprint density at radius 2 is 1.86 bits per heavy atom. The van der Waals surface area contributed by atoms with E-state index in [2.05, 4.69) is 0 Å². The molecule has 0 fully saturated rings. The number of hydrogen-bond acceptors (Lipinski definition) is 1. The summed E-state index contributed by atoms with van der Waals surface area (Å²) in [6.45, 7) is 1.85. The molecule has 1 heterocycles. The highest BCUT2D eigenvalue weighted by molar-refractivity contribution is 7.63. The fourth-order valence-corrected chi connectivity index (χ4v) is 2.01. The van der Waals surface area contributed by atoms with Gasteiger partial charge in [0.2, 0.25) is 0 Å². The molecule has 0 bridgehead atoms. The summed E-state index contributed by atoms with van der Waals surface area (Å²) in [5, 5.41) is 0. The molecule has 0 aromatic carbocycles. The van der Waals surface area contributed by atoms with Crippen LogP contribution in [0, 0.1) is 0 Å². The topological polar surface area (TPSA) is 17.1 Å². The summed E-state index contributed by atoms with van der Waals surface area (Å²) in [5.41, 5.74) is 0. The van der Waals surface area contributed by atoms with Crippen LogP contribution >= 0.6 is 7.14 Å². The van der Waals surface area contributed by atoms with Gasteiger partial charge in [-0.3, -0.25) is 0 Å². The van der Waals surface area contributed by atoms with Gasteiger partial charge in [0, 0.05) is 12.3 Å². The molecule has 2 heteroatoms. The van der Waals surface area contributed by atoms with Gasteiger partial charge in [-0.2, -0.15) is 0 Å². The lowest BCUT2D eigenvalue weighted by Gasteiger charge is -1.97. The summed E-state index contributed by atoms with van der Waals surface area (Å²) < 4.78 is 11.0. The second kappa shape index (κ2) is 1.48. The first-order valence-electron chi connectivity index (χ1n) is 2.41. The van der Waals surface area contributed by atoms with Crippen molar-refractivity contribution in [2.24, 2.45) is 0 Å². The minimum atomic E-state index is -1.65. The van der Waals surface area contributed by atoms with Gasteiger partial charge in [-0.05, 0) is 6.66 Å². The van der Waals surface area contributed by atoms with Crippen molar-refractivity contribution < 1.29 is 4.57 Å². The Kier molecular flexibility index (Phi) is 1.08. The molecule has 1 nitrogen and oxygen atoms in total. The Balaban J connectivity index is 2.67. The molecule has 0 aliphatic carbocycles. The molecule has 0 amide bonds. The van der Waals surface area contributed by atoms with Crippen molar-refractivity contribution in [3.63, 3.8) is 0 Å². The maximum atomic E-state index is 11.0. The number of rotatable bonds is 0. The zero-order valence-corrected chi connectivity index (χ0v) is 5.32. The quantitative estimate of drug-likeness (QED) is 0.346. The zero-order valence-electron chi connectivity index (χ0n) is 4.42. The van der Waals surface area contributed by atoms with Crippen LogP contribution in [0.1, 0.15) is 0 Å². The van der Waals surface area contributed by atoms with Gasteiger partial charge < -0.3 is 4.57 Å². The molecule has 1 aliphatic rings. The van der Waals surface area contributed by atoms with Crippen molar-refractivity contribution in [2.45, 2.75) is 0 Å². The molecular weight excluding hydrogens is 107 g/mol. The van der Waals surface area contributed by atoms with E-state index in [0.29, 0.717) is 0 Å². The van der Waals surface area contributed by atoms with Crippen molar-refractivity contribution in [3.8, 4) is 0 Å². The molecule has 7 heavy (non-hydrogen) atoms. The van der Waals surface area contributed by atoms with Gasteiger partial charge in [-0.25, -0.2) is 0 Å². The second-order valence-electron chi connectivity index (χ2n) is 2.13. The van der Waals surface area contributed by atoms with Crippen LogP contribution in [0.25, 0.3) is 0 Å². The average molecular weight is 116 g/mol. The van der Waals surface area contributed by atoms with E-state index in [1.165, 1.54) is 0 Å². The maximum Gasteiger partial charge on any atom is 0.0919 e. The summed E-state index contributed by atoms with van der Waals surface area (Å²) >= 11 is 0. The number of hydrogen-bond donors (Lipinski definition) is 0. The molecule has 0 saturated heterocycles. The second-order valence-corrected chi connectivity index (χ2v) is 5.46. The highest BCUT2D eigenvalue weighted by Crippen LogP contribution is 2.44. The van der Waals surface area contributed by atoms with Gasteiger partial charge in [0.15, 0.2) is 0 Å². The van der Waals surface area contributed by atoms with E-state index in [0.717, 1.165) is 12.3 Å². The van der Waals surface area contributed by atoms with Crippen molar-refractivity contribution in [3.05, 3.63) is 12.2 Å². The predicted molar refractivity (Wildman–Crippen MR) is 32.4 cm³/mol. The first-order valence-corrected chi connectivity index (χ1v) is 4.94. The molecule has 0 spiro atoms. The van der Waals surface area contributed by atoms with Gasteiger partial charge in [0.1, 0.15) is 0 Å². The van der Waals surface area contributed by atoms with Crippen LogP contribution in [0.3, 0.4) is 0 Å². The summed E-state index contributed by atoms with van der Waals surface area (Å²) in [5.74, 6) is 0. The average Bonchev–Trinajstić information content (AvgIpc) is 1.84. The Morgan fingerprint density at radius 3 is 2.00 bits per heavy atom. The highest BCUT2D eigenvalue weighted by Gasteiger charge is 2.14. The van der Waals surface area contributed by atoms with Crippen LogP contribution < -0.4 is 0 Å². The van der Waals surface area contributed by atoms with E-state index < -0.39 is 7.14 Å². The van der Waals surface area contributed by atoms with Crippen molar-refractivity contribution >= 4 is 7.14 Å². The molecule has 40 valence electrons. The first kappa shape index (κ1) is 5.11. The smallest absolute Gasteiger partial charge is 0.0919 e. The lowest BCUT2D eigenvalue weighted by molar-refractivity contribution is 0.583. The van der Waals surface area contributed by atoms with E-state index in [4.69, 9.17) is 0 Å². The largest absolute Gasteiger partial charge is 0.323 e. The van der Waals surface area contributed by atoms with Crippen LogP contribution in [0.2, 0.25) is 0 Å². The highest BCUT2D eigenvalue weighted by atomic mass is 31.2. The van der Waals surface area contributed by atoms with Crippen molar-refractivity contribution in [1.29, 1.82) is 0 Å². The molecule has 1 rings (SSSR count). The molecule has 1 aliphatic heterocycles. The van der Waals surface area contributed by atoms with Crippen LogP contribution in [0.5, 0.6) is 0 Å². The number of allylic oxidation sites excluding steroid dienone is 2. The normalized spacial score (nSPS) is 25.9. The third-order valence-corrected chi connectivity index (χ3v) is 3.12. The van der Waals surface area contributed by atoms with Crippen LogP contribution in [-0.4, -0.2) is 19.0 Å². The zero-order chi connectivity index (χ0) is 5.33. The molecule has 0 unspecified atom stereocenters. The fourth-order valence-electron chi connectivity index (χ4n) is 0.670. The van der Waals surface area contributed by atoms with Gasteiger partial charge in [0.25, 0.3) is 0 Å². The summed E-state index contributed by atoms with van der Waals surface area (Å²) in [6.07, 6.45) is 5.65. The van der Waals surface area contributed by atoms with Gasteiger partial charge in [0.05, 0.1) is 7.14 Å². The molecule has 0 radical (unpaired) electrons. The standard InChI is InChI=1S/C5H9OP/c1-7(6)4-2-3-5-7/h2-3H,4-5H2,1H3. The molecule has 0 N–H and O–H groups in total. The summed E-state index contributed by atoms with van der Waals surface area (Å²) in [7, 11) is -1.65. The molecule has 0 saturated carbocycles. The van der Waals surface area contributed by atoms with E-state index in [1.54, 1.807) is 0 Å². The maximum absolute atomic E-state index is 11.0. The van der Waals surface area contributed by atoms with Crippen LogP contribution in [0.4, 0.5) is 0 Å². The molecular formula is C5H9OP. The minimum Gasteiger partial charge on any atom is -0.323 e. The third kappa shape index (κ3) is 1.17. The molecule has 0 atom stereocenters.